The number of aromatic hydroxyl groups is 1. The average Bonchev–Trinajstić information content (AvgIpc) is 2.38. The quantitative estimate of drug-likeness (QED) is 0.915. The Hall–Kier alpha value is -1.81. The highest BCUT2D eigenvalue weighted by Crippen LogP contribution is 2.15. The summed E-state index contributed by atoms with van der Waals surface area (Å²) in [5.74, 6) is -0.0110. The van der Waals surface area contributed by atoms with Gasteiger partial charge in [0.1, 0.15) is 5.75 Å². The van der Waals surface area contributed by atoms with Gasteiger partial charge in [-0.05, 0) is 35.9 Å². The lowest BCUT2D eigenvalue weighted by Gasteiger charge is -2.07. The van der Waals surface area contributed by atoms with Gasteiger partial charge in [0.05, 0.1) is 0 Å². The molecule has 92 valence electrons. The van der Waals surface area contributed by atoms with Crippen LogP contribution in [0.4, 0.5) is 0 Å². The van der Waals surface area contributed by atoms with E-state index in [-0.39, 0.29) is 11.7 Å². The molecule has 4 heteroatoms. The van der Waals surface area contributed by atoms with Crippen LogP contribution in [0.25, 0.3) is 0 Å². The second kappa shape index (κ2) is 5.69. The summed E-state index contributed by atoms with van der Waals surface area (Å²) >= 11 is 3.43. The van der Waals surface area contributed by atoms with Gasteiger partial charge in [-0.25, -0.2) is 0 Å². The minimum Gasteiger partial charge on any atom is -0.508 e. The number of hydrogen-bond donors (Lipinski definition) is 2. The van der Waals surface area contributed by atoms with Crippen molar-refractivity contribution >= 4 is 21.8 Å². The van der Waals surface area contributed by atoms with E-state index in [1.807, 2.05) is 24.3 Å². The van der Waals surface area contributed by atoms with Crippen LogP contribution >= 0.6 is 15.9 Å². The third kappa shape index (κ3) is 3.11. The molecular formula is C14H12BrNO2. The summed E-state index contributed by atoms with van der Waals surface area (Å²) in [7, 11) is 0. The molecule has 0 aliphatic heterocycles. The summed E-state index contributed by atoms with van der Waals surface area (Å²) < 4.78 is 0.969. The summed E-state index contributed by atoms with van der Waals surface area (Å²) in [5, 5.41) is 12.0. The predicted octanol–water partition coefficient (Wildman–Crippen LogP) is 3.08. The van der Waals surface area contributed by atoms with Gasteiger partial charge in [0.2, 0.25) is 0 Å². The van der Waals surface area contributed by atoms with Gasteiger partial charge in [-0.3, -0.25) is 4.79 Å². The van der Waals surface area contributed by atoms with Crippen molar-refractivity contribution < 1.29 is 9.90 Å². The number of phenolic OH excluding ortho intramolecular Hbond substituents is 1. The second-order valence-corrected chi connectivity index (χ2v) is 4.68. The summed E-state index contributed by atoms with van der Waals surface area (Å²) in [4.78, 5) is 11.8. The van der Waals surface area contributed by atoms with Crippen molar-refractivity contribution in [2.45, 2.75) is 6.54 Å². The van der Waals surface area contributed by atoms with Gasteiger partial charge in [-0.15, -0.1) is 0 Å². The van der Waals surface area contributed by atoms with Crippen LogP contribution < -0.4 is 5.32 Å². The van der Waals surface area contributed by atoms with Crippen LogP contribution in [0, 0.1) is 0 Å². The zero-order valence-electron chi connectivity index (χ0n) is 9.56. The fourth-order valence-corrected chi connectivity index (χ4v) is 1.96. The Bertz CT molecular complexity index is 552. The van der Waals surface area contributed by atoms with E-state index in [1.54, 1.807) is 12.1 Å². The second-order valence-electron chi connectivity index (χ2n) is 3.82. The first-order chi connectivity index (χ1) is 8.66. The third-order valence-electron chi connectivity index (χ3n) is 2.53. The fourth-order valence-electron chi connectivity index (χ4n) is 1.53. The fraction of sp³-hybridized carbons (Fsp3) is 0.0714. The minimum atomic E-state index is -0.161. The molecule has 0 aliphatic rings. The van der Waals surface area contributed by atoms with Crippen LogP contribution in [0.2, 0.25) is 0 Å². The molecule has 3 nitrogen and oxygen atoms in total. The van der Waals surface area contributed by atoms with Gasteiger partial charge < -0.3 is 10.4 Å². The Balaban J connectivity index is 2.01. The molecule has 2 rings (SSSR count). The van der Waals surface area contributed by atoms with Crippen LogP contribution in [0.1, 0.15) is 15.9 Å². The van der Waals surface area contributed by atoms with Crippen LogP contribution in [0.15, 0.2) is 53.0 Å². The van der Waals surface area contributed by atoms with Crippen molar-refractivity contribution in [1.82, 2.24) is 5.32 Å². The van der Waals surface area contributed by atoms with Gasteiger partial charge in [0.15, 0.2) is 0 Å². The van der Waals surface area contributed by atoms with E-state index in [2.05, 4.69) is 21.2 Å². The van der Waals surface area contributed by atoms with Gasteiger partial charge in [0, 0.05) is 16.6 Å². The molecule has 0 bridgehead atoms. The molecule has 1 amide bonds. The van der Waals surface area contributed by atoms with E-state index >= 15 is 0 Å². The zero-order valence-corrected chi connectivity index (χ0v) is 11.1. The molecule has 0 saturated heterocycles. The number of nitrogens with one attached hydrogen (secondary N) is 1. The molecular weight excluding hydrogens is 294 g/mol. The Morgan fingerprint density at radius 3 is 2.44 bits per heavy atom. The standard InChI is InChI=1S/C14H12BrNO2/c15-13-4-2-1-3-11(13)9-16-14(18)10-5-7-12(17)8-6-10/h1-8,17H,9H2,(H,16,18). The first-order valence-electron chi connectivity index (χ1n) is 5.47. The maximum atomic E-state index is 11.8. The molecule has 2 aromatic rings. The van der Waals surface area contributed by atoms with Crippen molar-refractivity contribution in [1.29, 1.82) is 0 Å². The summed E-state index contributed by atoms with van der Waals surface area (Å²) in [6.45, 7) is 0.459. The number of halogens is 1. The van der Waals surface area contributed by atoms with E-state index in [9.17, 15) is 4.79 Å². The van der Waals surface area contributed by atoms with E-state index in [0.717, 1.165) is 10.0 Å². The Kier molecular flexibility index (Phi) is 3.99. The van der Waals surface area contributed by atoms with Gasteiger partial charge in [-0.2, -0.15) is 0 Å². The van der Waals surface area contributed by atoms with Crippen molar-refractivity contribution in [3.05, 3.63) is 64.1 Å². The molecule has 2 aromatic carbocycles. The minimum absolute atomic E-state index is 0.150. The number of rotatable bonds is 3. The predicted molar refractivity (Wildman–Crippen MR) is 73.4 cm³/mol. The highest BCUT2D eigenvalue weighted by Gasteiger charge is 2.06. The lowest BCUT2D eigenvalue weighted by Crippen LogP contribution is -2.22. The van der Waals surface area contributed by atoms with Crippen LogP contribution in [-0.4, -0.2) is 11.0 Å². The molecule has 0 spiro atoms. The topological polar surface area (TPSA) is 49.3 Å². The van der Waals surface area contributed by atoms with E-state index in [0.29, 0.717) is 12.1 Å². The summed E-state index contributed by atoms with van der Waals surface area (Å²) in [5.41, 5.74) is 1.55. The Labute approximate surface area is 114 Å². The monoisotopic (exact) mass is 305 g/mol. The lowest BCUT2D eigenvalue weighted by atomic mass is 10.2. The molecule has 0 radical (unpaired) electrons. The Morgan fingerprint density at radius 2 is 1.78 bits per heavy atom. The van der Waals surface area contributed by atoms with E-state index in [1.165, 1.54) is 12.1 Å². The number of benzene rings is 2. The number of carbonyl (C=O) groups excluding carboxylic acids is 1. The summed E-state index contributed by atoms with van der Waals surface area (Å²) in [6, 6.07) is 13.9. The average molecular weight is 306 g/mol. The van der Waals surface area contributed by atoms with Crippen LogP contribution in [-0.2, 0) is 6.54 Å². The van der Waals surface area contributed by atoms with Crippen LogP contribution in [0.5, 0.6) is 5.75 Å². The smallest absolute Gasteiger partial charge is 0.251 e. The normalized spacial score (nSPS) is 10.1. The highest BCUT2D eigenvalue weighted by atomic mass is 79.9. The Morgan fingerprint density at radius 1 is 1.11 bits per heavy atom. The SMILES string of the molecule is O=C(NCc1ccccc1Br)c1ccc(O)cc1. The largest absolute Gasteiger partial charge is 0.508 e. The first kappa shape index (κ1) is 12.6. The molecule has 0 saturated carbocycles. The van der Waals surface area contributed by atoms with E-state index in [4.69, 9.17) is 5.11 Å². The molecule has 2 N–H and O–H groups in total. The molecule has 18 heavy (non-hydrogen) atoms. The van der Waals surface area contributed by atoms with Crippen LogP contribution in [0.3, 0.4) is 0 Å². The van der Waals surface area contributed by atoms with Crippen molar-refractivity contribution in [3.8, 4) is 5.75 Å². The first-order valence-corrected chi connectivity index (χ1v) is 6.27. The zero-order chi connectivity index (χ0) is 13.0. The third-order valence-corrected chi connectivity index (χ3v) is 3.30. The van der Waals surface area contributed by atoms with Gasteiger partial charge >= 0.3 is 0 Å². The highest BCUT2D eigenvalue weighted by molar-refractivity contribution is 9.10. The van der Waals surface area contributed by atoms with Crippen molar-refractivity contribution in [2.24, 2.45) is 0 Å². The molecule has 0 aromatic heterocycles. The molecule has 0 heterocycles. The number of hydrogen-bond acceptors (Lipinski definition) is 2. The van der Waals surface area contributed by atoms with Gasteiger partial charge in [0.25, 0.3) is 5.91 Å². The van der Waals surface area contributed by atoms with E-state index < -0.39 is 0 Å². The lowest BCUT2D eigenvalue weighted by molar-refractivity contribution is 0.0951. The van der Waals surface area contributed by atoms with Gasteiger partial charge in [-0.1, -0.05) is 34.1 Å². The maximum Gasteiger partial charge on any atom is 0.251 e. The molecule has 0 aliphatic carbocycles. The molecule has 0 atom stereocenters. The maximum absolute atomic E-state index is 11.8. The van der Waals surface area contributed by atoms with Crippen molar-refractivity contribution in [3.63, 3.8) is 0 Å². The summed E-state index contributed by atoms with van der Waals surface area (Å²) in [6.07, 6.45) is 0. The number of amides is 1. The van der Waals surface area contributed by atoms with Crippen molar-refractivity contribution in [2.75, 3.05) is 0 Å². The number of phenols is 1. The number of carbonyl (C=O) groups is 1. The molecule has 0 unspecified atom stereocenters. The molecule has 0 fully saturated rings.